The number of fused-ring (bicyclic) bond motifs is 3. The van der Waals surface area contributed by atoms with Crippen LogP contribution in [0.3, 0.4) is 0 Å². The predicted octanol–water partition coefficient (Wildman–Crippen LogP) is 5.16. The van der Waals surface area contributed by atoms with E-state index in [1.807, 2.05) is 6.92 Å². The molecule has 35 heavy (non-hydrogen) atoms. The molecule has 2 aliphatic rings. The number of anilines is 3. The van der Waals surface area contributed by atoms with Crippen molar-refractivity contribution in [3.8, 4) is 0 Å². The first-order valence-electron chi connectivity index (χ1n) is 12.1. The second-order valence-electron chi connectivity index (χ2n) is 9.69. The first-order valence-corrected chi connectivity index (χ1v) is 12.1. The van der Waals surface area contributed by atoms with Gasteiger partial charge >= 0.3 is 6.18 Å². The molecule has 1 atom stereocenters. The van der Waals surface area contributed by atoms with Gasteiger partial charge in [0.1, 0.15) is 11.6 Å². The standard InChI is InChI=1S/C26H30F3N5O/c1-14(16-10-17(26(27,28)29)12-18(30)11-16)31-25-22-13-23(34-8-6-19(35)7-9-34)20-4-3-5-21(20)24(22)32-15(2)33-25/h10-14,19,35H,3-9,30H2,1-2H3,(H,31,32,33). The van der Waals surface area contributed by atoms with Crippen molar-refractivity contribution in [2.45, 2.75) is 64.3 Å². The number of benzene rings is 2. The van der Waals surface area contributed by atoms with Crippen LogP contribution in [0, 0.1) is 6.92 Å². The Morgan fingerprint density at radius 1 is 1.09 bits per heavy atom. The highest BCUT2D eigenvalue weighted by molar-refractivity contribution is 5.96. The molecule has 0 amide bonds. The van der Waals surface area contributed by atoms with Crippen molar-refractivity contribution in [1.82, 2.24) is 9.97 Å². The summed E-state index contributed by atoms with van der Waals surface area (Å²) in [5.41, 5.74) is 10.1. The number of nitrogens with one attached hydrogen (secondary N) is 1. The molecule has 2 heterocycles. The molecule has 0 bridgehead atoms. The summed E-state index contributed by atoms with van der Waals surface area (Å²) < 4.78 is 40.1. The molecule has 1 unspecified atom stereocenters. The van der Waals surface area contributed by atoms with E-state index in [0.29, 0.717) is 17.2 Å². The summed E-state index contributed by atoms with van der Waals surface area (Å²) in [7, 11) is 0. The second-order valence-corrected chi connectivity index (χ2v) is 9.69. The van der Waals surface area contributed by atoms with Crippen LogP contribution in [0.1, 0.15) is 60.3 Å². The summed E-state index contributed by atoms with van der Waals surface area (Å²) in [5.74, 6) is 1.21. The van der Waals surface area contributed by atoms with Gasteiger partial charge in [0.05, 0.1) is 23.2 Å². The van der Waals surface area contributed by atoms with Gasteiger partial charge in [-0.3, -0.25) is 0 Å². The Morgan fingerprint density at radius 2 is 1.80 bits per heavy atom. The molecule has 1 aliphatic carbocycles. The van der Waals surface area contributed by atoms with E-state index in [4.69, 9.17) is 10.7 Å². The van der Waals surface area contributed by atoms with Gasteiger partial charge in [-0.05, 0) is 86.9 Å². The number of aryl methyl sites for hydroxylation is 2. The Morgan fingerprint density at radius 3 is 2.51 bits per heavy atom. The van der Waals surface area contributed by atoms with E-state index in [-0.39, 0.29) is 11.8 Å². The lowest BCUT2D eigenvalue weighted by Gasteiger charge is -2.33. The van der Waals surface area contributed by atoms with Crippen molar-refractivity contribution >= 4 is 28.1 Å². The van der Waals surface area contributed by atoms with Gasteiger partial charge in [0.2, 0.25) is 0 Å². The van der Waals surface area contributed by atoms with Gasteiger partial charge in [0.25, 0.3) is 0 Å². The number of aromatic nitrogens is 2. The number of aliphatic hydroxyl groups is 1. The SMILES string of the molecule is Cc1nc(NC(C)c2cc(N)cc(C(F)(F)F)c2)c2cc(N3CCC(O)CC3)c3c(c2n1)CCC3. The van der Waals surface area contributed by atoms with Crippen LogP contribution in [-0.2, 0) is 19.0 Å². The number of hydrogen-bond acceptors (Lipinski definition) is 6. The Balaban J connectivity index is 1.57. The Bertz CT molecular complexity index is 1270. The molecule has 1 saturated heterocycles. The number of nitrogen functional groups attached to an aromatic ring is 1. The highest BCUT2D eigenvalue weighted by atomic mass is 19.4. The number of hydrogen-bond donors (Lipinski definition) is 3. The fourth-order valence-electron chi connectivity index (χ4n) is 5.34. The van der Waals surface area contributed by atoms with E-state index in [1.54, 1.807) is 13.0 Å². The number of alkyl halides is 3. The van der Waals surface area contributed by atoms with Crippen molar-refractivity contribution in [1.29, 1.82) is 0 Å². The van der Waals surface area contributed by atoms with Crippen LogP contribution in [0.4, 0.5) is 30.4 Å². The Hall–Kier alpha value is -3.07. The van der Waals surface area contributed by atoms with Crippen molar-refractivity contribution in [3.05, 3.63) is 52.3 Å². The van der Waals surface area contributed by atoms with Gasteiger partial charge < -0.3 is 21.1 Å². The monoisotopic (exact) mass is 485 g/mol. The topological polar surface area (TPSA) is 87.3 Å². The molecule has 0 saturated carbocycles. The average Bonchev–Trinajstić information content (AvgIpc) is 3.29. The maximum absolute atomic E-state index is 13.4. The van der Waals surface area contributed by atoms with Crippen LogP contribution in [0.5, 0.6) is 0 Å². The minimum atomic E-state index is -4.47. The van der Waals surface area contributed by atoms with Gasteiger partial charge in [-0.15, -0.1) is 0 Å². The number of piperidine rings is 1. The van der Waals surface area contributed by atoms with E-state index < -0.39 is 17.8 Å². The zero-order valence-corrected chi connectivity index (χ0v) is 19.9. The van der Waals surface area contributed by atoms with Gasteiger partial charge in [-0.25, -0.2) is 9.97 Å². The second kappa shape index (κ2) is 8.86. The molecule has 1 fully saturated rings. The molecule has 3 aromatic rings. The molecule has 1 aliphatic heterocycles. The van der Waals surface area contributed by atoms with Gasteiger partial charge in [-0.2, -0.15) is 13.2 Å². The predicted molar refractivity (Wildman–Crippen MR) is 132 cm³/mol. The summed E-state index contributed by atoms with van der Waals surface area (Å²) in [6.45, 7) is 5.21. The van der Waals surface area contributed by atoms with E-state index in [9.17, 15) is 18.3 Å². The molecule has 5 rings (SSSR count). The van der Waals surface area contributed by atoms with Crippen LogP contribution in [-0.4, -0.2) is 34.3 Å². The van der Waals surface area contributed by atoms with Crippen molar-refractivity contribution in [2.24, 2.45) is 0 Å². The smallest absolute Gasteiger partial charge is 0.399 e. The molecule has 0 radical (unpaired) electrons. The molecular weight excluding hydrogens is 455 g/mol. The fourth-order valence-corrected chi connectivity index (χ4v) is 5.34. The third-order valence-electron chi connectivity index (χ3n) is 7.11. The molecule has 2 aromatic carbocycles. The maximum Gasteiger partial charge on any atom is 0.416 e. The molecular formula is C26H30F3N5O. The van der Waals surface area contributed by atoms with Crippen molar-refractivity contribution in [2.75, 3.05) is 29.0 Å². The van der Waals surface area contributed by atoms with Crippen molar-refractivity contribution in [3.63, 3.8) is 0 Å². The zero-order chi connectivity index (χ0) is 24.9. The molecule has 1 aromatic heterocycles. The molecule has 6 nitrogen and oxygen atoms in total. The molecule has 4 N–H and O–H groups in total. The first kappa shape index (κ1) is 23.7. The van der Waals surface area contributed by atoms with Gasteiger partial charge in [-0.1, -0.05) is 0 Å². The van der Waals surface area contributed by atoms with Crippen molar-refractivity contribution < 1.29 is 18.3 Å². The largest absolute Gasteiger partial charge is 0.416 e. The van der Waals surface area contributed by atoms with E-state index in [0.717, 1.165) is 73.9 Å². The van der Waals surface area contributed by atoms with Crippen LogP contribution in [0.15, 0.2) is 24.3 Å². The summed E-state index contributed by atoms with van der Waals surface area (Å²) >= 11 is 0. The zero-order valence-electron chi connectivity index (χ0n) is 19.9. The van der Waals surface area contributed by atoms with Crippen LogP contribution >= 0.6 is 0 Å². The lowest BCUT2D eigenvalue weighted by Crippen LogP contribution is -2.36. The average molecular weight is 486 g/mol. The normalized spacial score (nSPS) is 17.6. The quantitative estimate of drug-likeness (QED) is 0.443. The molecule has 186 valence electrons. The van der Waals surface area contributed by atoms with E-state index in [2.05, 4.69) is 21.3 Å². The summed E-state index contributed by atoms with van der Waals surface area (Å²) in [6, 6.07) is 5.30. The number of nitrogens with two attached hydrogens (primary N) is 1. The summed E-state index contributed by atoms with van der Waals surface area (Å²) in [4.78, 5) is 11.7. The number of nitrogens with zero attached hydrogens (tertiary/aromatic N) is 3. The molecule has 0 spiro atoms. The third kappa shape index (κ3) is 4.61. The van der Waals surface area contributed by atoms with Gasteiger partial charge in [0.15, 0.2) is 0 Å². The number of aliphatic hydroxyl groups excluding tert-OH is 1. The summed E-state index contributed by atoms with van der Waals surface area (Å²) in [6.07, 6.45) is -0.281. The third-order valence-corrected chi connectivity index (χ3v) is 7.11. The highest BCUT2D eigenvalue weighted by Gasteiger charge is 2.32. The lowest BCUT2D eigenvalue weighted by molar-refractivity contribution is -0.137. The maximum atomic E-state index is 13.4. The minimum absolute atomic E-state index is 0.0691. The summed E-state index contributed by atoms with van der Waals surface area (Å²) in [5, 5.41) is 14.2. The van der Waals surface area contributed by atoms with E-state index in [1.165, 1.54) is 11.1 Å². The number of rotatable bonds is 4. The number of halogens is 3. The Labute approximate surface area is 202 Å². The minimum Gasteiger partial charge on any atom is -0.399 e. The van der Waals surface area contributed by atoms with Gasteiger partial charge in [0, 0.05) is 29.9 Å². The van der Waals surface area contributed by atoms with Crippen LogP contribution in [0.2, 0.25) is 0 Å². The van der Waals surface area contributed by atoms with Crippen LogP contribution < -0.4 is 16.0 Å². The van der Waals surface area contributed by atoms with E-state index >= 15 is 0 Å². The molecule has 9 heteroatoms. The Kier molecular flexibility index (Phi) is 5.99. The van der Waals surface area contributed by atoms with Crippen LogP contribution in [0.25, 0.3) is 10.9 Å². The first-order chi connectivity index (χ1) is 16.6. The highest BCUT2D eigenvalue weighted by Crippen LogP contribution is 2.40. The fraction of sp³-hybridized carbons (Fsp3) is 0.462. The lowest BCUT2D eigenvalue weighted by atomic mass is 9.99.